The summed E-state index contributed by atoms with van der Waals surface area (Å²) in [4.78, 5) is 13.2. The monoisotopic (exact) mass is 344 g/mol. The van der Waals surface area contributed by atoms with Crippen molar-refractivity contribution < 1.29 is 13.7 Å². The zero-order chi connectivity index (χ0) is 11.6. The molecule has 1 aromatic heterocycles. The first kappa shape index (κ1) is 12.4. The zero-order valence-electron chi connectivity index (χ0n) is 7.08. The molecule has 82 valence electrons. The van der Waals surface area contributed by atoms with Crippen molar-refractivity contribution in [3.8, 4) is 0 Å². The Morgan fingerprint density at radius 3 is 2.60 bits per heavy atom. The molecule has 4 nitrogen and oxygen atoms in total. The lowest BCUT2D eigenvalue weighted by Crippen LogP contribution is -2.01. The van der Waals surface area contributed by atoms with Crippen LogP contribution in [0.25, 0.3) is 0 Å². The Kier molecular flexibility index (Phi) is 4.09. The van der Waals surface area contributed by atoms with Crippen LogP contribution in [0.2, 0.25) is 0 Å². The Morgan fingerprint density at radius 2 is 2.20 bits per heavy atom. The van der Waals surface area contributed by atoms with Crippen LogP contribution in [0.4, 0.5) is 14.6 Å². The summed E-state index contributed by atoms with van der Waals surface area (Å²) in [6.07, 6.45) is -1.91. The number of aromatic nitrogens is 1. The molecule has 0 bridgehead atoms. The fraction of sp³-hybridized carbons (Fsp3) is 0.286. The molecule has 0 unspecified atom stereocenters. The van der Waals surface area contributed by atoms with Crippen molar-refractivity contribution in [2.24, 2.45) is 0 Å². The number of halogens is 4. The maximum atomic E-state index is 12.4. The van der Waals surface area contributed by atoms with E-state index in [1.54, 1.807) is 0 Å². The van der Waals surface area contributed by atoms with Gasteiger partial charge in [0.1, 0.15) is 6.20 Å². The number of nitro groups is 1. The first-order valence-corrected chi connectivity index (χ1v) is 5.56. The molecule has 0 fully saturated rings. The van der Waals surface area contributed by atoms with Crippen molar-refractivity contribution in [1.29, 1.82) is 0 Å². The molecule has 0 aliphatic carbocycles. The highest BCUT2D eigenvalue weighted by Crippen LogP contribution is 2.34. The Labute approximate surface area is 100 Å². The van der Waals surface area contributed by atoms with E-state index >= 15 is 0 Å². The number of pyridine rings is 1. The molecule has 0 N–H and O–H groups in total. The van der Waals surface area contributed by atoms with Gasteiger partial charge in [-0.3, -0.25) is 0 Å². The van der Waals surface area contributed by atoms with Crippen LogP contribution in [0.5, 0.6) is 0 Å². The smallest absolute Gasteiger partial charge is 0.358 e. The third-order valence-corrected chi connectivity index (χ3v) is 3.15. The lowest BCUT2D eigenvalue weighted by atomic mass is 10.2. The van der Waals surface area contributed by atoms with Crippen LogP contribution in [0, 0.1) is 10.1 Å². The molecule has 0 aliphatic heterocycles. The van der Waals surface area contributed by atoms with Crippen molar-refractivity contribution in [3.05, 3.63) is 31.9 Å². The van der Waals surface area contributed by atoms with Crippen molar-refractivity contribution in [2.75, 3.05) is 0 Å². The molecule has 0 aliphatic rings. The molecule has 0 saturated carbocycles. The van der Waals surface area contributed by atoms with E-state index in [0.29, 0.717) is 0 Å². The SMILES string of the molecule is O=[N+]([O-])c1ncc(C(F)F)c(Br)c1CBr. The van der Waals surface area contributed by atoms with Crippen molar-refractivity contribution >= 4 is 37.7 Å². The average Bonchev–Trinajstić information content (AvgIpc) is 2.16. The van der Waals surface area contributed by atoms with E-state index in [0.717, 1.165) is 6.20 Å². The van der Waals surface area contributed by atoms with E-state index in [9.17, 15) is 18.9 Å². The van der Waals surface area contributed by atoms with Gasteiger partial charge in [0.2, 0.25) is 0 Å². The highest BCUT2D eigenvalue weighted by Gasteiger charge is 2.24. The lowest BCUT2D eigenvalue weighted by Gasteiger charge is -2.05. The predicted octanol–water partition coefficient (Wildman–Crippen LogP) is 3.58. The van der Waals surface area contributed by atoms with Crippen molar-refractivity contribution in [3.63, 3.8) is 0 Å². The van der Waals surface area contributed by atoms with Crippen LogP contribution in [-0.4, -0.2) is 9.91 Å². The Morgan fingerprint density at radius 1 is 1.60 bits per heavy atom. The van der Waals surface area contributed by atoms with E-state index in [1.165, 1.54) is 0 Å². The Hall–Kier alpha value is -0.630. The summed E-state index contributed by atoms with van der Waals surface area (Å²) in [6.45, 7) is 0. The maximum Gasteiger partial charge on any atom is 0.368 e. The number of hydrogen-bond donors (Lipinski definition) is 0. The van der Waals surface area contributed by atoms with Crippen LogP contribution in [0.15, 0.2) is 10.7 Å². The van der Waals surface area contributed by atoms with Gasteiger partial charge in [-0.2, -0.15) is 0 Å². The lowest BCUT2D eigenvalue weighted by molar-refractivity contribution is -0.390. The van der Waals surface area contributed by atoms with E-state index in [-0.39, 0.29) is 20.9 Å². The van der Waals surface area contributed by atoms with Gasteiger partial charge in [-0.05, 0) is 25.8 Å². The molecule has 0 radical (unpaired) electrons. The van der Waals surface area contributed by atoms with E-state index < -0.39 is 17.2 Å². The van der Waals surface area contributed by atoms with Gasteiger partial charge >= 0.3 is 5.82 Å². The van der Waals surface area contributed by atoms with Crippen molar-refractivity contribution in [1.82, 2.24) is 4.98 Å². The van der Waals surface area contributed by atoms with E-state index in [2.05, 4.69) is 36.8 Å². The van der Waals surface area contributed by atoms with Crippen LogP contribution in [0.1, 0.15) is 17.6 Å². The molecular formula is C7H4Br2F2N2O2. The minimum Gasteiger partial charge on any atom is -0.358 e. The highest BCUT2D eigenvalue weighted by molar-refractivity contribution is 9.10. The van der Waals surface area contributed by atoms with Gasteiger partial charge in [0.15, 0.2) is 0 Å². The molecule has 0 amide bonds. The molecular weight excluding hydrogens is 342 g/mol. The van der Waals surface area contributed by atoms with Crippen LogP contribution < -0.4 is 0 Å². The fourth-order valence-corrected chi connectivity index (χ4v) is 2.47. The number of nitrogens with zero attached hydrogens (tertiary/aromatic N) is 2. The second kappa shape index (κ2) is 4.93. The van der Waals surface area contributed by atoms with Gasteiger partial charge in [0.05, 0.1) is 11.1 Å². The van der Waals surface area contributed by atoms with Gasteiger partial charge in [-0.15, -0.1) is 0 Å². The zero-order valence-corrected chi connectivity index (χ0v) is 10.3. The Bertz CT molecular complexity index is 401. The average molecular weight is 346 g/mol. The second-order valence-electron chi connectivity index (χ2n) is 2.52. The summed E-state index contributed by atoms with van der Waals surface area (Å²) in [6, 6.07) is 0. The van der Waals surface area contributed by atoms with Crippen molar-refractivity contribution in [2.45, 2.75) is 11.8 Å². The van der Waals surface area contributed by atoms with Gasteiger partial charge in [-0.25, -0.2) is 8.78 Å². The largest absolute Gasteiger partial charge is 0.368 e. The van der Waals surface area contributed by atoms with Gasteiger partial charge in [0.25, 0.3) is 6.43 Å². The molecule has 0 aromatic carbocycles. The maximum absolute atomic E-state index is 12.4. The molecule has 0 saturated heterocycles. The predicted molar refractivity (Wildman–Crippen MR) is 56.2 cm³/mol. The molecule has 15 heavy (non-hydrogen) atoms. The quantitative estimate of drug-likeness (QED) is 0.478. The van der Waals surface area contributed by atoms with Crippen LogP contribution >= 0.6 is 31.9 Å². The number of rotatable bonds is 3. The van der Waals surface area contributed by atoms with E-state index in [1.807, 2.05) is 0 Å². The molecule has 0 atom stereocenters. The number of alkyl halides is 3. The summed E-state index contributed by atoms with van der Waals surface area (Å²) < 4.78 is 24.9. The minimum atomic E-state index is -2.72. The van der Waals surface area contributed by atoms with Gasteiger partial charge in [-0.1, -0.05) is 15.9 Å². The fourth-order valence-electron chi connectivity index (χ4n) is 0.966. The third kappa shape index (κ3) is 2.49. The second-order valence-corrected chi connectivity index (χ2v) is 3.87. The summed E-state index contributed by atoms with van der Waals surface area (Å²) in [5, 5.41) is 10.6. The molecule has 1 aromatic rings. The summed E-state index contributed by atoms with van der Waals surface area (Å²) in [7, 11) is 0. The standard InChI is InChI=1S/C7H4Br2F2N2O2/c8-1-3-5(9)4(6(10)11)2-12-7(3)13(14)15/h2,6H,1H2. The summed E-state index contributed by atoms with van der Waals surface area (Å²) in [5.74, 6) is -0.428. The normalized spacial score (nSPS) is 10.7. The molecule has 1 heterocycles. The topological polar surface area (TPSA) is 56.0 Å². The van der Waals surface area contributed by atoms with Crippen LogP contribution in [-0.2, 0) is 5.33 Å². The van der Waals surface area contributed by atoms with Gasteiger partial charge < -0.3 is 10.1 Å². The van der Waals surface area contributed by atoms with E-state index in [4.69, 9.17) is 0 Å². The first-order chi connectivity index (χ1) is 6.99. The molecule has 0 spiro atoms. The first-order valence-electron chi connectivity index (χ1n) is 3.64. The highest BCUT2D eigenvalue weighted by atomic mass is 79.9. The van der Waals surface area contributed by atoms with Gasteiger partial charge in [0, 0.05) is 9.80 Å². The Balaban J connectivity index is 3.39. The summed E-state index contributed by atoms with van der Waals surface area (Å²) >= 11 is 5.90. The van der Waals surface area contributed by atoms with Crippen LogP contribution in [0.3, 0.4) is 0 Å². The summed E-state index contributed by atoms with van der Waals surface area (Å²) in [5.41, 5.74) is -0.243. The molecule has 8 heteroatoms. The molecule has 1 rings (SSSR count). The minimum absolute atomic E-state index is 0.0241. The third-order valence-electron chi connectivity index (χ3n) is 1.66. The number of hydrogen-bond acceptors (Lipinski definition) is 3.